The molecular formula is C24H28ClN3O4S. The minimum atomic E-state index is -3.72. The minimum Gasteiger partial charge on any atom is -0.321 e. The molecule has 0 spiro atoms. The van der Waals surface area contributed by atoms with Gasteiger partial charge in [-0.2, -0.15) is 0 Å². The van der Waals surface area contributed by atoms with E-state index < -0.39 is 21.0 Å². The molecule has 0 saturated heterocycles. The van der Waals surface area contributed by atoms with E-state index in [0.717, 1.165) is 19.3 Å². The van der Waals surface area contributed by atoms with Gasteiger partial charge in [0.15, 0.2) is 9.84 Å². The molecule has 0 unspecified atom stereocenters. The topological polar surface area (TPSA) is 90.2 Å². The highest BCUT2D eigenvalue weighted by Crippen LogP contribution is 2.35. The van der Waals surface area contributed by atoms with E-state index >= 15 is 0 Å². The van der Waals surface area contributed by atoms with Gasteiger partial charge >= 0.3 is 5.69 Å². The molecular weight excluding hydrogens is 462 g/mol. The number of rotatable bonds is 6. The first kappa shape index (κ1) is 23.6. The maximum absolute atomic E-state index is 13.7. The fraction of sp³-hybridized carbons (Fsp3) is 0.417. The molecule has 1 fully saturated rings. The predicted molar refractivity (Wildman–Crippen MR) is 131 cm³/mol. The number of nitrogens with one attached hydrogen (secondary N) is 1. The number of benzene rings is 2. The normalized spacial score (nSPS) is 15.1. The van der Waals surface area contributed by atoms with Crippen molar-refractivity contribution in [2.45, 2.75) is 69.2 Å². The van der Waals surface area contributed by atoms with Crippen LogP contribution in [0.4, 0.5) is 5.69 Å². The quantitative estimate of drug-likeness (QED) is 0.535. The Hall–Kier alpha value is -2.58. The summed E-state index contributed by atoms with van der Waals surface area (Å²) >= 11 is 6.03. The van der Waals surface area contributed by atoms with Crippen LogP contribution in [0.25, 0.3) is 11.0 Å². The number of carbonyl (C=O) groups is 1. The zero-order valence-electron chi connectivity index (χ0n) is 18.8. The summed E-state index contributed by atoms with van der Waals surface area (Å²) in [4.78, 5) is 25.9. The molecule has 7 nitrogen and oxygen atoms in total. The molecule has 0 bridgehead atoms. The lowest BCUT2D eigenvalue weighted by molar-refractivity contribution is 0.102. The molecule has 1 aliphatic rings. The second-order valence-electron chi connectivity index (χ2n) is 8.38. The molecule has 9 heteroatoms. The third kappa shape index (κ3) is 4.34. The number of nitrogens with zero attached hydrogens (tertiary/aromatic N) is 2. The van der Waals surface area contributed by atoms with Gasteiger partial charge < -0.3 is 5.32 Å². The molecule has 2 aromatic carbocycles. The van der Waals surface area contributed by atoms with Crippen molar-refractivity contribution in [3.05, 3.63) is 57.5 Å². The smallest absolute Gasteiger partial charge is 0.321 e. The van der Waals surface area contributed by atoms with Gasteiger partial charge in [0.25, 0.3) is 5.91 Å². The van der Waals surface area contributed by atoms with Gasteiger partial charge in [-0.05, 0) is 57.0 Å². The predicted octanol–water partition coefficient (Wildman–Crippen LogP) is 4.85. The van der Waals surface area contributed by atoms with Gasteiger partial charge in [0.1, 0.15) is 0 Å². The SMILES string of the molecule is CCn1c(=O)n(CC)c2cc(S(=O)(=O)C3CCCCC3)c(NC(=O)c3cccc(Cl)c3)cc21. The molecule has 3 aromatic rings. The van der Waals surface area contributed by atoms with Crippen LogP contribution in [0.15, 0.2) is 46.1 Å². The number of sulfone groups is 1. The third-order valence-electron chi connectivity index (χ3n) is 6.39. The Morgan fingerprint density at radius 3 is 2.27 bits per heavy atom. The molecule has 1 saturated carbocycles. The van der Waals surface area contributed by atoms with E-state index in [1.807, 2.05) is 13.8 Å². The highest BCUT2D eigenvalue weighted by atomic mass is 35.5. The van der Waals surface area contributed by atoms with Crippen molar-refractivity contribution in [1.29, 1.82) is 0 Å². The largest absolute Gasteiger partial charge is 0.329 e. The zero-order valence-corrected chi connectivity index (χ0v) is 20.4. The van der Waals surface area contributed by atoms with Gasteiger partial charge in [0.2, 0.25) is 0 Å². The summed E-state index contributed by atoms with van der Waals surface area (Å²) in [5.74, 6) is -0.461. The van der Waals surface area contributed by atoms with Crippen molar-refractivity contribution >= 4 is 44.1 Å². The highest BCUT2D eigenvalue weighted by Gasteiger charge is 2.32. The van der Waals surface area contributed by atoms with E-state index in [2.05, 4.69) is 5.32 Å². The molecule has 1 N–H and O–H groups in total. The first-order chi connectivity index (χ1) is 15.8. The van der Waals surface area contributed by atoms with E-state index in [9.17, 15) is 18.0 Å². The molecule has 1 aliphatic carbocycles. The number of anilines is 1. The first-order valence-corrected chi connectivity index (χ1v) is 13.3. The monoisotopic (exact) mass is 489 g/mol. The van der Waals surface area contributed by atoms with Crippen LogP contribution >= 0.6 is 11.6 Å². The molecule has 33 heavy (non-hydrogen) atoms. The Kier molecular flexibility index (Phi) is 6.68. The van der Waals surface area contributed by atoms with Gasteiger partial charge in [-0.3, -0.25) is 13.9 Å². The van der Waals surface area contributed by atoms with Crippen LogP contribution < -0.4 is 11.0 Å². The van der Waals surface area contributed by atoms with E-state index in [1.54, 1.807) is 39.5 Å². The van der Waals surface area contributed by atoms with Crippen LogP contribution in [0.3, 0.4) is 0 Å². The number of amides is 1. The van der Waals surface area contributed by atoms with Crippen molar-refractivity contribution in [1.82, 2.24) is 9.13 Å². The molecule has 1 heterocycles. The van der Waals surface area contributed by atoms with Crippen molar-refractivity contribution in [2.75, 3.05) is 5.32 Å². The van der Waals surface area contributed by atoms with Crippen molar-refractivity contribution in [3.63, 3.8) is 0 Å². The van der Waals surface area contributed by atoms with Crippen LogP contribution in [-0.4, -0.2) is 28.7 Å². The van der Waals surface area contributed by atoms with Crippen LogP contribution in [-0.2, 0) is 22.9 Å². The zero-order chi connectivity index (χ0) is 23.8. The summed E-state index contributed by atoms with van der Waals surface area (Å²) in [7, 11) is -3.72. The molecule has 0 atom stereocenters. The standard InChI is InChI=1S/C24H28ClN3O4S/c1-3-27-20-14-19(26-23(29)16-9-8-10-17(25)13-16)22(15-21(20)28(4-2)24(27)30)33(31,32)18-11-6-5-7-12-18/h8-10,13-15,18H,3-7,11-12H2,1-2H3,(H,26,29). The molecule has 1 aromatic heterocycles. The molecule has 0 radical (unpaired) electrons. The number of aryl methyl sites for hydroxylation is 2. The summed E-state index contributed by atoms with van der Waals surface area (Å²) in [6.07, 6.45) is 3.94. The Morgan fingerprint density at radius 2 is 1.67 bits per heavy atom. The number of fused-ring (bicyclic) bond motifs is 1. The maximum Gasteiger partial charge on any atom is 0.329 e. The number of imidazole rings is 1. The van der Waals surface area contributed by atoms with Crippen molar-refractivity contribution in [3.8, 4) is 0 Å². The van der Waals surface area contributed by atoms with Crippen LogP contribution in [0.5, 0.6) is 0 Å². The highest BCUT2D eigenvalue weighted by molar-refractivity contribution is 7.92. The van der Waals surface area contributed by atoms with Gasteiger partial charge in [-0.15, -0.1) is 0 Å². The Bertz CT molecular complexity index is 1370. The van der Waals surface area contributed by atoms with E-state index in [1.165, 1.54) is 6.07 Å². The van der Waals surface area contributed by atoms with Gasteiger partial charge in [-0.1, -0.05) is 36.9 Å². The summed E-state index contributed by atoms with van der Waals surface area (Å²) < 4.78 is 30.6. The Balaban J connectivity index is 1.91. The van der Waals surface area contributed by atoms with E-state index in [4.69, 9.17) is 11.6 Å². The van der Waals surface area contributed by atoms with Crippen molar-refractivity contribution < 1.29 is 13.2 Å². The first-order valence-electron chi connectivity index (χ1n) is 11.4. The number of carbonyl (C=O) groups excluding carboxylic acids is 1. The lowest BCUT2D eigenvalue weighted by Gasteiger charge is -2.23. The van der Waals surface area contributed by atoms with Gasteiger partial charge in [0.05, 0.1) is 26.9 Å². The fourth-order valence-electron chi connectivity index (χ4n) is 4.67. The minimum absolute atomic E-state index is 0.0627. The van der Waals surface area contributed by atoms with Gasteiger partial charge in [-0.25, -0.2) is 13.2 Å². The maximum atomic E-state index is 13.7. The molecule has 1 amide bonds. The second-order valence-corrected chi connectivity index (χ2v) is 11.0. The average molecular weight is 490 g/mol. The van der Waals surface area contributed by atoms with Crippen LogP contribution in [0.2, 0.25) is 5.02 Å². The number of aromatic nitrogens is 2. The third-order valence-corrected chi connectivity index (χ3v) is 8.92. The van der Waals surface area contributed by atoms with Crippen LogP contribution in [0, 0.1) is 0 Å². The molecule has 176 valence electrons. The lowest BCUT2D eigenvalue weighted by Crippen LogP contribution is -2.25. The summed E-state index contributed by atoms with van der Waals surface area (Å²) in [6, 6.07) is 9.65. The van der Waals surface area contributed by atoms with Crippen molar-refractivity contribution in [2.24, 2.45) is 0 Å². The molecule has 0 aliphatic heterocycles. The fourth-order valence-corrected chi connectivity index (χ4v) is 6.86. The summed E-state index contributed by atoms with van der Waals surface area (Å²) in [6.45, 7) is 4.56. The number of hydrogen-bond donors (Lipinski definition) is 1. The number of hydrogen-bond acceptors (Lipinski definition) is 4. The lowest BCUT2D eigenvalue weighted by atomic mass is 10.0. The van der Waals surface area contributed by atoms with Crippen LogP contribution in [0.1, 0.15) is 56.3 Å². The van der Waals surface area contributed by atoms with E-state index in [0.29, 0.717) is 47.6 Å². The molecule has 4 rings (SSSR count). The average Bonchev–Trinajstić information content (AvgIpc) is 3.08. The van der Waals surface area contributed by atoms with E-state index in [-0.39, 0.29) is 16.3 Å². The summed E-state index contributed by atoms with van der Waals surface area (Å²) in [5, 5.41) is 2.70. The Labute approximate surface area is 198 Å². The second kappa shape index (κ2) is 9.35. The Morgan fingerprint density at radius 1 is 1.03 bits per heavy atom. The van der Waals surface area contributed by atoms with Gasteiger partial charge in [0, 0.05) is 23.7 Å². The summed E-state index contributed by atoms with van der Waals surface area (Å²) in [5.41, 5.74) is 1.46. The number of halogens is 1.